The van der Waals surface area contributed by atoms with Gasteiger partial charge in [-0.15, -0.1) is 0 Å². The summed E-state index contributed by atoms with van der Waals surface area (Å²) in [4.78, 5) is 14.1. The van der Waals surface area contributed by atoms with Crippen molar-refractivity contribution in [2.45, 2.75) is 11.3 Å². The fourth-order valence-electron chi connectivity index (χ4n) is 3.12. The van der Waals surface area contributed by atoms with Crippen LogP contribution >= 0.6 is 11.8 Å². The number of esters is 1. The molecular weight excluding hydrogens is 380 g/mol. The van der Waals surface area contributed by atoms with Gasteiger partial charge in [-0.25, -0.2) is 4.79 Å². The van der Waals surface area contributed by atoms with E-state index in [2.05, 4.69) is 0 Å². The summed E-state index contributed by atoms with van der Waals surface area (Å²) in [5.41, 5.74) is 2.62. The minimum atomic E-state index is -0.342. The van der Waals surface area contributed by atoms with Crippen LogP contribution in [0.3, 0.4) is 0 Å². The molecule has 0 saturated heterocycles. The maximum atomic E-state index is 12.4. The quantitative estimate of drug-likeness (QED) is 0.650. The van der Waals surface area contributed by atoms with Crippen LogP contribution in [-0.4, -0.2) is 41.5 Å². The number of fused-ring (bicyclic) bond motifs is 1. The molecule has 6 nitrogen and oxygen atoms in total. The lowest BCUT2D eigenvalue weighted by Gasteiger charge is -2.15. The van der Waals surface area contributed by atoms with Crippen molar-refractivity contribution in [1.82, 2.24) is 0 Å². The lowest BCUT2D eigenvalue weighted by molar-refractivity contribution is -0.136. The molecule has 0 radical (unpaired) electrons. The summed E-state index contributed by atoms with van der Waals surface area (Å²) < 4.78 is 26.6. The molecule has 0 atom stereocenters. The highest BCUT2D eigenvalue weighted by atomic mass is 32.2. The largest absolute Gasteiger partial charge is 0.497 e. The molecule has 0 heterocycles. The Bertz CT molecular complexity index is 909. The van der Waals surface area contributed by atoms with Crippen LogP contribution in [0.1, 0.15) is 11.1 Å². The van der Waals surface area contributed by atoms with E-state index in [0.29, 0.717) is 29.2 Å². The molecule has 0 unspecified atom stereocenters. The van der Waals surface area contributed by atoms with Gasteiger partial charge >= 0.3 is 5.97 Å². The van der Waals surface area contributed by atoms with Gasteiger partial charge in [0.05, 0.1) is 41.1 Å². The average Bonchev–Trinajstić information content (AvgIpc) is 3.09. The lowest BCUT2D eigenvalue weighted by atomic mass is 10.1. The van der Waals surface area contributed by atoms with Crippen molar-refractivity contribution in [1.29, 1.82) is 0 Å². The lowest BCUT2D eigenvalue weighted by Crippen LogP contribution is -2.05. The van der Waals surface area contributed by atoms with Gasteiger partial charge in [-0.3, -0.25) is 0 Å². The number of hydrogen-bond acceptors (Lipinski definition) is 7. The van der Waals surface area contributed by atoms with Crippen molar-refractivity contribution in [3.8, 4) is 23.0 Å². The average molecular weight is 402 g/mol. The van der Waals surface area contributed by atoms with Gasteiger partial charge in [-0.1, -0.05) is 17.8 Å². The number of hydrogen-bond donors (Lipinski definition) is 0. The van der Waals surface area contributed by atoms with E-state index in [0.717, 1.165) is 26.7 Å². The molecule has 0 spiro atoms. The second-order valence-electron chi connectivity index (χ2n) is 5.96. The molecule has 2 aromatic rings. The summed E-state index contributed by atoms with van der Waals surface area (Å²) in [7, 11) is 7.71. The normalized spacial score (nSPS) is 12.5. The zero-order valence-electron chi connectivity index (χ0n) is 16.5. The first-order chi connectivity index (χ1) is 13.6. The van der Waals surface area contributed by atoms with Crippen molar-refractivity contribution >= 4 is 22.6 Å². The van der Waals surface area contributed by atoms with Crippen LogP contribution in [0.2, 0.25) is 0 Å². The van der Waals surface area contributed by atoms with E-state index in [9.17, 15) is 4.79 Å². The zero-order valence-corrected chi connectivity index (χ0v) is 17.3. The van der Waals surface area contributed by atoms with Gasteiger partial charge in [0, 0.05) is 16.2 Å². The first-order valence-electron chi connectivity index (χ1n) is 8.52. The number of carbonyl (C=O) groups is 1. The molecule has 28 heavy (non-hydrogen) atoms. The maximum absolute atomic E-state index is 12.4. The minimum Gasteiger partial charge on any atom is -0.497 e. The van der Waals surface area contributed by atoms with E-state index >= 15 is 0 Å². The van der Waals surface area contributed by atoms with Crippen LogP contribution in [0.25, 0.3) is 4.91 Å². The van der Waals surface area contributed by atoms with E-state index in [1.165, 1.54) is 18.9 Å². The standard InChI is InChI=1S/C21H22O6S/c1-23-13-7-6-12-8-16(21(22)27-5)20(15(12)9-13)28-14-10-17(24-2)19(26-4)18(11-14)25-3/h6-7,9-11H,8H2,1-5H3. The highest BCUT2D eigenvalue weighted by Crippen LogP contribution is 2.48. The Labute approximate surface area is 168 Å². The first-order valence-corrected chi connectivity index (χ1v) is 9.34. The molecule has 0 saturated carbocycles. The molecule has 1 aliphatic rings. The summed E-state index contributed by atoms with van der Waals surface area (Å²) in [6, 6.07) is 9.50. The van der Waals surface area contributed by atoms with E-state index < -0.39 is 0 Å². The number of ether oxygens (including phenoxy) is 5. The SMILES string of the molecule is COC(=O)C1=C(Sc2cc(OC)c(OC)c(OC)c2)c2cc(OC)ccc2C1. The Hall–Kier alpha value is -2.80. The molecule has 0 bridgehead atoms. The van der Waals surface area contributed by atoms with Crippen molar-refractivity contribution in [3.63, 3.8) is 0 Å². The Balaban J connectivity index is 2.09. The molecule has 0 amide bonds. The van der Waals surface area contributed by atoms with Gasteiger partial charge in [0.2, 0.25) is 5.75 Å². The van der Waals surface area contributed by atoms with Crippen LogP contribution in [0.4, 0.5) is 0 Å². The van der Waals surface area contributed by atoms with Crippen LogP contribution in [0.15, 0.2) is 40.8 Å². The third kappa shape index (κ3) is 3.62. The fraction of sp³-hybridized carbons (Fsp3) is 0.286. The van der Waals surface area contributed by atoms with E-state index in [4.69, 9.17) is 23.7 Å². The molecule has 0 aliphatic heterocycles. The molecule has 2 aromatic carbocycles. The first kappa shape index (κ1) is 19.9. The van der Waals surface area contributed by atoms with Crippen LogP contribution in [0, 0.1) is 0 Å². The maximum Gasteiger partial charge on any atom is 0.335 e. The summed E-state index contributed by atoms with van der Waals surface area (Å²) >= 11 is 1.45. The monoisotopic (exact) mass is 402 g/mol. The van der Waals surface area contributed by atoms with Crippen molar-refractivity contribution in [2.75, 3.05) is 35.5 Å². The molecule has 1 aliphatic carbocycles. The van der Waals surface area contributed by atoms with E-state index in [1.807, 2.05) is 30.3 Å². The van der Waals surface area contributed by atoms with Gasteiger partial charge in [-0.2, -0.15) is 0 Å². The number of carbonyl (C=O) groups excluding carboxylic acids is 1. The Kier molecular flexibility index (Phi) is 6.04. The smallest absolute Gasteiger partial charge is 0.335 e. The number of methoxy groups -OCH3 is 5. The molecule has 148 valence electrons. The Morgan fingerprint density at radius 1 is 0.893 bits per heavy atom. The minimum absolute atomic E-state index is 0.342. The van der Waals surface area contributed by atoms with E-state index in [1.54, 1.807) is 28.4 Å². The highest BCUT2D eigenvalue weighted by Gasteiger charge is 2.28. The second-order valence-corrected chi connectivity index (χ2v) is 7.05. The molecule has 0 fully saturated rings. The van der Waals surface area contributed by atoms with Crippen molar-refractivity contribution in [2.24, 2.45) is 0 Å². The van der Waals surface area contributed by atoms with Gasteiger partial charge in [-0.05, 0) is 35.4 Å². The summed E-state index contributed by atoms with van der Waals surface area (Å²) in [5.74, 6) is 2.00. The molecule has 0 aromatic heterocycles. The third-order valence-electron chi connectivity index (χ3n) is 4.49. The van der Waals surface area contributed by atoms with Gasteiger partial charge in [0.15, 0.2) is 11.5 Å². The molecule has 0 N–H and O–H groups in total. The van der Waals surface area contributed by atoms with Crippen molar-refractivity contribution < 1.29 is 28.5 Å². The Morgan fingerprint density at radius 2 is 1.57 bits per heavy atom. The van der Waals surface area contributed by atoms with Crippen LogP contribution in [0.5, 0.6) is 23.0 Å². The number of thioether (sulfide) groups is 1. The fourth-order valence-corrected chi connectivity index (χ4v) is 4.27. The number of rotatable bonds is 7. The number of benzene rings is 2. The summed E-state index contributed by atoms with van der Waals surface area (Å²) in [6.07, 6.45) is 0.513. The van der Waals surface area contributed by atoms with Gasteiger partial charge in [0.25, 0.3) is 0 Å². The van der Waals surface area contributed by atoms with Gasteiger partial charge < -0.3 is 23.7 Å². The zero-order chi connectivity index (χ0) is 20.3. The summed E-state index contributed by atoms with van der Waals surface area (Å²) in [5, 5.41) is 0. The molecule has 7 heteroatoms. The molecule has 3 rings (SSSR count). The van der Waals surface area contributed by atoms with Crippen molar-refractivity contribution in [3.05, 3.63) is 47.0 Å². The van der Waals surface area contributed by atoms with Gasteiger partial charge in [0.1, 0.15) is 5.75 Å². The predicted octanol–water partition coefficient (Wildman–Crippen LogP) is 3.95. The topological polar surface area (TPSA) is 63.2 Å². The Morgan fingerprint density at radius 3 is 2.11 bits per heavy atom. The van der Waals surface area contributed by atoms with Crippen LogP contribution in [-0.2, 0) is 16.0 Å². The highest BCUT2D eigenvalue weighted by molar-refractivity contribution is 8.08. The third-order valence-corrected chi connectivity index (χ3v) is 5.63. The second kappa shape index (κ2) is 8.48. The van der Waals surface area contributed by atoms with E-state index in [-0.39, 0.29) is 5.97 Å². The van der Waals surface area contributed by atoms with Crippen LogP contribution < -0.4 is 18.9 Å². The summed E-state index contributed by atoms with van der Waals surface area (Å²) in [6.45, 7) is 0. The predicted molar refractivity (Wildman–Crippen MR) is 108 cm³/mol. The molecular formula is C21H22O6S.